The van der Waals surface area contributed by atoms with Crippen molar-refractivity contribution in [3.8, 4) is 0 Å². The van der Waals surface area contributed by atoms with E-state index in [2.05, 4.69) is 34.8 Å². The summed E-state index contributed by atoms with van der Waals surface area (Å²) in [4.78, 5) is 15.9. The van der Waals surface area contributed by atoms with Crippen LogP contribution < -0.4 is 16.0 Å². The molecule has 3 unspecified atom stereocenters. The van der Waals surface area contributed by atoms with Crippen LogP contribution in [0, 0.1) is 11.8 Å². The molecule has 0 bridgehead atoms. The van der Waals surface area contributed by atoms with Gasteiger partial charge in [-0.25, -0.2) is 0 Å². The Hall–Kier alpha value is -1.26. The quantitative estimate of drug-likeness (QED) is 0.475. The topological polar surface area (TPSA) is 65.5 Å². The molecule has 5 nitrogen and oxygen atoms in total. The van der Waals surface area contributed by atoms with Gasteiger partial charge in [0.1, 0.15) is 0 Å². The van der Waals surface area contributed by atoms with E-state index in [0.29, 0.717) is 13.0 Å². The van der Waals surface area contributed by atoms with E-state index < -0.39 is 0 Å². The Kier molecular flexibility index (Phi) is 9.72. The Bertz CT molecular complexity index is 370. The van der Waals surface area contributed by atoms with E-state index in [1.54, 1.807) is 7.05 Å². The number of rotatable bonds is 8. The number of amides is 1. The maximum atomic E-state index is 11.7. The highest BCUT2D eigenvalue weighted by Gasteiger charge is 2.18. The van der Waals surface area contributed by atoms with Crippen molar-refractivity contribution < 1.29 is 4.79 Å². The summed E-state index contributed by atoms with van der Waals surface area (Å²) in [6.07, 6.45) is 8.15. The third-order valence-electron chi connectivity index (χ3n) is 4.78. The summed E-state index contributed by atoms with van der Waals surface area (Å²) in [5.41, 5.74) is 0. The first-order valence-electron chi connectivity index (χ1n) is 9.29. The molecule has 1 amide bonds. The minimum Gasteiger partial charge on any atom is -0.356 e. The zero-order valence-corrected chi connectivity index (χ0v) is 15.5. The summed E-state index contributed by atoms with van der Waals surface area (Å²) in [6, 6.07) is 0.248. The number of carbonyl (C=O) groups excluding carboxylic acids is 1. The van der Waals surface area contributed by atoms with Gasteiger partial charge in [-0.15, -0.1) is 0 Å². The molecule has 3 atom stereocenters. The number of hydrogen-bond acceptors (Lipinski definition) is 2. The lowest BCUT2D eigenvalue weighted by Gasteiger charge is -2.26. The Morgan fingerprint density at radius 1 is 1.26 bits per heavy atom. The molecule has 0 spiro atoms. The molecule has 0 aromatic heterocycles. The molecule has 1 fully saturated rings. The summed E-state index contributed by atoms with van der Waals surface area (Å²) >= 11 is 0. The molecule has 0 saturated heterocycles. The zero-order chi connectivity index (χ0) is 17.1. The van der Waals surface area contributed by atoms with E-state index in [1.807, 2.05) is 6.92 Å². The average molecular weight is 325 g/mol. The number of nitrogens with one attached hydrogen (secondary N) is 3. The molecule has 23 heavy (non-hydrogen) atoms. The fourth-order valence-corrected chi connectivity index (χ4v) is 3.18. The second kappa shape index (κ2) is 11.3. The second-order valence-electron chi connectivity index (χ2n) is 6.98. The Morgan fingerprint density at radius 3 is 2.65 bits per heavy atom. The summed E-state index contributed by atoms with van der Waals surface area (Å²) < 4.78 is 0. The van der Waals surface area contributed by atoms with E-state index in [9.17, 15) is 4.79 Å². The van der Waals surface area contributed by atoms with Crippen LogP contribution in [0.5, 0.6) is 0 Å². The van der Waals surface area contributed by atoms with E-state index in [0.717, 1.165) is 30.8 Å². The molecule has 0 heterocycles. The smallest absolute Gasteiger partial charge is 0.221 e. The van der Waals surface area contributed by atoms with Crippen LogP contribution in [0.3, 0.4) is 0 Å². The van der Waals surface area contributed by atoms with Gasteiger partial charge in [0.2, 0.25) is 5.91 Å². The molecule has 134 valence electrons. The molecule has 1 aliphatic carbocycles. The minimum atomic E-state index is 0.0958. The maximum absolute atomic E-state index is 11.7. The molecule has 0 aliphatic heterocycles. The lowest BCUT2D eigenvalue weighted by molar-refractivity contribution is -0.121. The van der Waals surface area contributed by atoms with Crippen molar-refractivity contribution in [2.75, 3.05) is 20.1 Å². The van der Waals surface area contributed by atoms with Crippen molar-refractivity contribution >= 4 is 11.9 Å². The van der Waals surface area contributed by atoms with Crippen LogP contribution >= 0.6 is 0 Å². The van der Waals surface area contributed by atoms with Gasteiger partial charge in [-0.3, -0.25) is 9.79 Å². The largest absolute Gasteiger partial charge is 0.356 e. The molecule has 5 heteroatoms. The number of aliphatic imine (C=N–C) groups is 1. The molecule has 0 radical (unpaired) electrons. The summed E-state index contributed by atoms with van der Waals surface area (Å²) in [6.45, 7) is 8.03. The zero-order valence-electron chi connectivity index (χ0n) is 15.5. The van der Waals surface area contributed by atoms with Gasteiger partial charge in [0.05, 0.1) is 0 Å². The van der Waals surface area contributed by atoms with Crippen molar-refractivity contribution in [2.24, 2.45) is 16.8 Å². The molecule has 1 saturated carbocycles. The molecule has 0 aromatic carbocycles. The van der Waals surface area contributed by atoms with Crippen LogP contribution in [0.25, 0.3) is 0 Å². The Balaban J connectivity index is 2.13. The predicted octanol–water partition coefficient (Wildman–Crippen LogP) is 2.67. The van der Waals surface area contributed by atoms with Crippen molar-refractivity contribution in [3.05, 3.63) is 0 Å². The van der Waals surface area contributed by atoms with Gasteiger partial charge in [-0.1, -0.05) is 33.1 Å². The highest BCUT2D eigenvalue weighted by molar-refractivity contribution is 5.81. The lowest BCUT2D eigenvalue weighted by atomic mass is 9.81. The first-order valence-corrected chi connectivity index (χ1v) is 9.29. The average Bonchev–Trinajstić information content (AvgIpc) is 2.53. The van der Waals surface area contributed by atoms with Crippen LogP contribution in [-0.4, -0.2) is 38.0 Å². The number of carbonyl (C=O) groups is 1. The molecule has 3 N–H and O–H groups in total. The van der Waals surface area contributed by atoms with Gasteiger partial charge in [0.25, 0.3) is 0 Å². The molecular weight excluding hydrogens is 288 g/mol. The molecule has 1 aliphatic rings. The highest BCUT2D eigenvalue weighted by Crippen LogP contribution is 2.30. The van der Waals surface area contributed by atoms with E-state index in [-0.39, 0.29) is 11.9 Å². The normalized spacial score (nSPS) is 23.2. The van der Waals surface area contributed by atoms with Crippen molar-refractivity contribution in [1.82, 2.24) is 16.0 Å². The van der Waals surface area contributed by atoms with Crippen molar-refractivity contribution in [1.29, 1.82) is 0 Å². The van der Waals surface area contributed by atoms with E-state index >= 15 is 0 Å². The van der Waals surface area contributed by atoms with Gasteiger partial charge in [-0.05, 0) is 38.0 Å². The first-order chi connectivity index (χ1) is 11.0. The lowest BCUT2D eigenvalue weighted by Crippen LogP contribution is -2.41. The van der Waals surface area contributed by atoms with Gasteiger partial charge < -0.3 is 16.0 Å². The van der Waals surface area contributed by atoms with Crippen LogP contribution in [0.2, 0.25) is 0 Å². The number of hydrogen-bond donors (Lipinski definition) is 3. The van der Waals surface area contributed by atoms with Crippen LogP contribution in [-0.2, 0) is 4.79 Å². The maximum Gasteiger partial charge on any atom is 0.221 e. The third kappa shape index (κ3) is 8.82. The number of guanidine groups is 1. The summed E-state index contributed by atoms with van der Waals surface area (Å²) in [5, 5.41) is 9.55. The number of nitrogens with zero attached hydrogens (tertiary/aromatic N) is 1. The van der Waals surface area contributed by atoms with E-state index in [1.165, 1.54) is 32.1 Å². The fraction of sp³-hybridized carbons (Fsp3) is 0.889. The molecular formula is C18H36N4O. The second-order valence-corrected chi connectivity index (χ2v) is 6.98. The predicted molar refractivity (Wildman–Crippen MR) is 97.6 cm³/mol. The van der Waals surface area contributed by atoms with Gasteiger partial charge >= 0.3 is 0 Å². The minimum absolute atomic E-state index is 0.0958. The van der Waals surface area contributed by atoms with Crippen LogP contribution in [0.1, 0.15) is 65.7 Å². The van der Waals surface area contributed by atoms with E-state index in [4.69, 9.17) is 0 Å². The summed E-state index contributed by atoms with van der Waals surface area (Å²) in [5.74, 6) is 2.63. The first kappa shape index (κ1) is 19.8. The summed E-state index contributed by atoms with van der Waals surface area (Å²) in [7, 11) is 1.78. The Morgan fingerprint density at radius 2 is 2.00 bits per heavy atom. The molecule has 0 aromatic rings. The highest BCUT2D eigenvalue weighted by atomic mass is 16.1. The standard InChI is InChI=1S/C18H36N4O/c1-5-15(3)22-17(23)10-12-21-18(19-4)20-11-9-16-8-6-7-14(2)13-16/h14-16H,5-13H2,1-4H3,(H,22,23)(H2,19,20,21). The van der Waals surface area contributed by atoms with Gasteiger partial charge in [0.15, 0.2) is 5.96 Å². The van der Waals surface area contributed by atoms with Crippen LogP contribution in [0.4, 0.5) is 0 Å². The fourth-order valence-electron chi connectivity index (χ4n) is 3.18. The van der Waals surface area contributed by atoms with Crippen molar-refractivity contribution in [3.63, 3.8) is 0 Å². The molecule has 1 rings (SSSR count). The van der Waals surface area contributed by atoms with Gasteiger partial charge in [-0.2, -0.15) is 0 Å². The van der Waals surface area contributed by atoms with Crippen molar-refractivity contribution in [2.45, 2.75) is 71.8 Å². The SMILES string of the molecule is CCC(C)NC(=O)CCNC(=NC)NCCC1CCCC(C)C1. The van der Waals surface area contributed by atoms with Crippen LogP contribution in [0.15, 0.2) is 4.99 Å². The van der Waals surface area contributed by atoms with Gasteiger partial charge in [0, 0.05) is 32.6 Å². The Labute approximate surface area is 142 Å². The monoisotopic (exact) mass is 324 g/mol. The third-order valence-corrected chi connectivity index (χ3v) is 4.78.